The van der Waals surface area contributed by atoms with Gasteiger partial charge in [0.1, 0.15) is 5.82 Å². The normalized spacial score (nSPS) is 9.94. The molecule has 2 aromatic heterocycles. The number of anilines is 3. The Labute approximate surface area is 98.9 Å². The van der Waals surface area contributed by atoms with Crippen LogP contribution >= 0.6 is 0 Å². The molecule has 2 rings (SSSR count). The van der Waals surface area contributed by atoms with E-state index in [1.54, 1.807) is 42.9 Å². The number of rotatable bonds is 2. The summed E-state index contributed by atoms with van der Waals surface area (Å²) >= 11 is 0. The molecule has 0 fully saturated rings. The minimum absolute atomic E-state index is 0.130. The van der Waals surface area contributed by atoms with Gasteiger partial charge in [-0.1, -0.05) is 0 Å². The van der Waals surface area contributed by atoms with Crippen LogP contribution in [0.2, 0.25) is 0 Å². The molecule has 2 N–H and O–H groups in total. The fourth-order valence-corrected chi connectivity index (χ4v) is 1.52. The maximum absolute atomic E-state index is 11.7. The molecule has 0 saturated carbocycles. The third-order valence-corrected chi connectivity index (χ3v) is 2.23. The number of nitrogens with zero attached hydrogens (tertiary/aromatic N) is 3. The summed E-state index contributed by atoms with van der Waals surface area (Å²) in [6.45, 7) is 1.48. The van der Waals surface area contributed by atoms with Crippen molar-refractivity contribution >= 4 is 23.1 Å². The number of nitrogens with two attached hydrogens (primary N) is 1. The van der Waals surface area contributed by atoms with Gasteiger partial charge >= 0.3 is 0 Å². The summed E-state index contributed by atoms with van der Waals surface area (Å²) in [5, 5.41) is 0. The number of aromatic nitrogens is 2. The first-order valence-corrected chi connectivity index (χ1v) is 5.11. The smallest absolute Gasteiger partial charge is 0.229 e. The Morgan fingerprint density at radius 3 is 2.53 bits per heavy atom. The highest BCUT2D eigenvalue weighted by Crippen LogP contribution is 2.23. The summed E-state index contributed by atoms with van der Waals surface area (Å²) in [7, 11) is 0. The molecule has 0 atom stereocenters. The Kier molecular flexibility index (Phi) is 3.00. The van der Waals surface area contributed by atoms with Crippen LogP contribution in [-0.2, 0) is 4.79 Å². The Bertz CT molecular complexity index is 527. The van der Waals surface area contributed by atoms with Crippen LogP contribution < -0.4 is 10.6 Å². The molecular weight excluding hydrogens is 216 g/mol. The molecule has 0 spiro atoms. The third kappa shape index (κ3) is 2.39. The lowest BCUT2D eigenvalue weighted by atomic mass is 10.3. The number of carbonyl (C=O) groups is 1. The highest BCUT2D eigenvalue weighted by atomic mass is 16.2. The van der Waals surface area contributed by atoms with Crippen LogP contribution in [0.4, 0.5) is 17.2 Å². The lowest BCUT2D eigenvalue weighted by Crippen LogP contribution is -2.23. The molecular formula is C12H12N4O. The summed E-state index contributed by atoms with van der Waals surface area (Å²) < 4.78 is 0. The number of pyridine rings is 2. The molecule has 0 radical (unpaired) electrons. The molecule has 5 nitrogen and oxygen atoms in total. The van der Waals surface area contributed by atoms with E-state index in [0.717, 1.165) is 0 Å². The van der Waals surface area contributed by atoms with Crippen molar-refractivity contribution in [1.82, 2.24) is 9.97 Å². The van der Waals surface area contributed by atoms with Gasteiger partial charge < -0.3 is 5.73 Å². The van der Waals surface area contributed by atoms with E-state index < -0.39 is 0 Å². The molecule has 0 aromatic carbocycles. The molecule has 0 aliphatic carbocycles. The molecule has 86 valence electrons. The monoisotopic (exact) mass is 228 g/mol. The molecule has 0 saturated heterocycles. The molecule has 0 unspecified atom stereocenters. The second-order valence-electron chi connectivity index (χ2n) is 3.51. The zero-order chi connectivity index (χ0) is 12.3. The summed E-state index contributed by atoms with van der Waals surface area (Å²) in [6.07, 6.45) is 4.82. The van der Waals surface area contributed by atoms with E-state index in [0.29, 0.717) is 17.2 Å². The Morgan fingerprint density at radius 1 is 1.24 bits per heavy atom. The second-order valence-corrected chi connectivity index (χ2v) is 3.51. The maximum Gasteiger partial charge on any atom is 0.229 e. The quantitative estimate of drug-likeness (QED) is 0.849. The summed E-state index contributed by atoms with van der Waals surface area (Å²) in [5.74, 6) is 0.373. The molecule has 0 bridgehead atoms. The maximum atomic E-state index is 11.7. The fraction of sp³-hybridized carbons (Fsp3) is 0.0833. The number of hydrogen-bond donors (Lipinski definition) is 1. The van der Waals surface area contributed by atoms with Gasteiger partial charge in [-0.2, -0.15) is 0 Å². The van der Waals surface area contributed by atoms with Crippen LogP contribution in [0.5, 0.6) is 0 Å². The lowest BCUT2D eigenvalue weighted by molar-refractivity contribution is -0.115. The highest BCUT2D eigenvalue weighted by molar-refractivity contribution is 5.98. The average molecular weight is 228 g/mol. The van der Waals surface area contributed by atoms with E-state index in [1.807, 2.05) is 0 Å². The van der Waals surface area contributed by atoms with E-state index in [1.165, 1.54) is 11.8 Å². The van der Waals surface area contributed by atoms with Gasteiger partial charge in [-0.15, -0.1) is 0 Å². The minimum Gasteiger partial charge on any atom is -0.399 e. The van der Waals surface area contributed by atoms with Crippen molar-refractivity contribution in [3.05, 3.63) is 42.9 Å². The Morgan fingerprint density at radius 2 is 1.94 bits per heavy atom. The summed E-state index contributed by atoms with van der Waals surface area (Å²) in [5.41, 5.74) is 6.96. The van der Waals surface area contributed by atoms with E-state index >= 15 is 0 Å². The predicted molar refractivity (Wildman–Crippen MR) is 65.7 cm³/mol. The van der Waals surface area contributed by atoms with Crippen molar-refractivity contribution in [2.75, 3.05) is 10.6 Å². The van der Waals surface area contributed by atoms with Crippen molar-refractivity contribution in [3.8, 4) is 0 Å². The first kappa shape index (κ1) is 11.1. The van der Waals surface area contributed by atoms with Crippen molar-refractivity contribution in [3.63, 3.8) is 0 Å². The van der Waals surface area contributed by atoms with Crippen molar-refractivity contribution in [1.29, 1.82) is 0 Å². The van der Waals surface area contributed by atoms with Crippen LogP contribution in [-0.4, -0.2) is 15.9 Å². The number of hydrogen-bond acceptors (Lipinski definition) is 4. The predicted octanol–water partition coefficient (Wildman–Crippen LogP) is 1.74. The first-order chi connectivity index (χ1) is 8.18. The molecule has 0 aliphatic rings. The van der Waals surface area contributed by atoms with Gasteiger partial charge in [-0.3, -0.25) is 14.7 Å². The summed E-state index contributed by atoms with van der Waals surface area (Å²) in [4.78, 5) is 21.2. The van der Waals surface area contributed by atoms with Gasteiger partial charge in [0.2, 0.25) is 5.91 Å². The zero-order valence-electron chi connectivity index (χ0n) is 9.37. The topological polar surface area (TPSA) is 72.1 Å². The zero-order valence-corrected chi connectivity index (χ0v) is 9.37. The fourth-order valence-electron chi connectivity index (χ4n) is 1.52. The van der Waals surface area contributed by atoms with Gasteiger partial charge in [0.15, 0.2) is 0 Å². The molecule has 5 heteroatoms. The number of amides is 1. The van der Waals surface area contributed by atoms with Crippen molar-refractivity contribution < 1.29 is 4.79 Å². The van der Waals surface area contributed by atoms with Crippen molar-refractivity contribution in [2.45, 2.75) is 6.92 Å². The number of nitrogen functional groups attached to an aromatic ring is 1. The molecule has 17 heavy (non-hydrogen) atoms. The SMILES string of the molecule is CC(=O)N(c1ccncc1)c1cc(N)ccn1. The van der Waals surface area contributed by atoms with E-state index in [-0.39, 0.29) is 5.91 Å². The van der Waals surface area contributed by atoms with Crippen molar-refractivity contribution in [2.24, 2.45) is 0 Å². The molecule has 1 amide bonds. The summed E-state index contributed by atoms with van der Waals surface area (Å²) in [6, 6.07) is 6.81. The molecule has 2 aromatic rings. The lowest BCUT2D eigenvalue weighted by Gasteiger charge is -2.19. The molecule has 0 aliphatic heterocycles. The van der Waals surface area contributed by atoms with Gasteiger partial charge in [0, 0.05) is 37.3 Å². The average Bonchev–Trinajstić information content (AvgIpc) is 2.30. The van der Waals surface area contributed by atoms with Gasteiger partial charge in [-0.05, 0) is 18.2 Å². The van der Waals surface area contributed by atoms with Crippen LogP contribution in [0.25, 0.3) is 0 Å². The van der Waals surface area contributed by atoms with E-state index in [2.05, 4.69) is 9.97 Å². The minimum atomic E-state index is -0.130. The highest BCUT2D eigenvalue weighted by Gasteiger charge is 2.14. The largest absolute Gasteiger partial charge is 0.399 e. The standard InChI is InChI=1S/C12H12N4O/c1-9(17)16(11-3-5-14-6-4-11)12-8-10(13)2-7-15-12/h2-8H,1H3,(H2,13,15). The van der Waals surface area contributed by atoms with Crippen LogP contribution in [0.1, 0.15) is 6.92 Å². The van der Waals surface area contributed by atoms with Gasteiger partial charge in [0.05, 0.1) is 5.69 Å². The first-order valence-electron chi connectivity index (χ1n) is 5.11. The Hall–Kier alpha value is -2.43. The second kappa shape index (κ2) is 4.61. The molecule has 2 heterocycles. The van der Waals surface area contributed by atoms with E-state index in [9.17, 15) is 4.79 Å². The third-order valence-electron chi connectivity index (χ3n) is 2.23. The van der Waals surface area contributed by atoms with E-state index in [4.69, 9.17) is 5.73 Å². The van der Waals surface area contributed by atoms with Gasteiger partial charge in [-0.25, -0.2) is 4.98 Å². The Balaban J connectivity index is 2.47. The van der Waals surface area contributed by atoms with Crippen LogP contribution in [0, 0.1) is 0 Å². The van der Waals surface area contributed by atoms with Crippen LogP contribution in [0.3, 0.4) is 0 Å². The number of carbonyl (C=O) groups excluding carboxylic acids is 1. The van der Waals surface area contributed by atoms with Crippen LogP contribution in [0.15, 0.2) is 42.9 Å². The van der Waals surface area contributed by atoms with Gasteiger partial charge in [0.25, 0.3) is 0 Å².